The van der Waals surface area contributed by atoms with Crippen LogP contribution in [0.5, 0.6) is 0 Å². The number of aromatic nitrogens is 2. The number of alkyl halides is 2. The lowest BCUT2D eigenvalue weighted by atomic mass is 10.1. The molecule has 0 spiro atoms. The van der Waals surface area contributed by atoms with Crippen molar-refractivity contribution in [3.63, 3.8) is 0 Å². The molecule has 2 atom stereocenters. The van der Waals surface area contributed by atoms with E-state index in [9.17, 15) is 0 Å². The Morgan fingerprint density at radius 1 is 0.513 bits per heavy atom. The van der Waals surface area contributed by atoms with Crippen LogP contribution in [0.3, 0.4) is 0 Å². The van der Waals surface area contributed by atoms with E-state index in [2.05, 4.69) is 115 Å². The van der Waals surface area contributed by atoms with Crippen LogP contribution >= 0.6 is 31.9 Å². The second-order valence-corrected chi connectivity index (χ2v) is 13.1. The Hall–Kier alpha value is -1.14. The van der Waals surface area contributed by atoms with Crippen LogP contribution < -0.4 is 19.8 Å². The molecule has 0 aliphatic rings. The molecule has 220 valence electrons. The first-order valence-electron chi connectivity index (χ1n) is 15.9. The second kappa shape index (κ2) is 22.5. The highest BCUT2D eigenvalue weighted by molar-refractivity contribution is 9.09. The molecule has 0 saturated carbocycles. The summed E-state index contributed by atoms with van der Waals surface area (Å²) in [5, 5.41) is 7.12. The zero-order valence-corrected chi connectivity index (χ0v) is 28.0. The predicted octanol–water partition coefficient (Wildman–Crippen LogP) is 10.2. The van der Waals surface area contributed by atoms with E-state index in [1.54, 1.807) is 0 Å². The minimum atomic E-state index is 0.377. The molecule has 0 fully saturated rings. The molecule has 0 saturated heterocycles. The fourth-order valence-electron chi connectivity index (χ4n) is 4.86. The summed E-state index contributed by atoms with van der Waals surface area (Å²) in [6.45, 7) is 6.68. The normalized spacial score (nSPS) is 12.8. The van der Waals surface area contributed by atoms with Crippen LogP contribution in [0, 0.1) is 0 Å². The first kappa shape index (κ1) is 34.1. The van der Waals surface area contributed by atoms with Crippen molar-refractivity contribution in [3.05, 3.63) is 49.1 Å². The molecule has 2 heterocycles. The molecular weight excluding hydrogens is 612 g/mol. The molecule has 0 aliphatic heterocycles. The summed E-state index contributed by atoms with van der Waals surface area (Å²) in [6.07, 6.45) is 30.8. The van der Waals surface area contributed by atoms with E-state index in [0.29, 0.717) is 9.90 Å². The van der Waals surface area contributed by atoms with E-state index in [0.717, 1.165) is 13.1 Å². The maximum atomic E-state index is 3.89. The van der Waals surface area contributed by atoms with Gasteiger partial charge in [-0.25, -0.2) is 0 Å². The number of pyridine rings is 2. The lowest BCUT2D eigenvalue weighted by Crippen LogP contribution is -2.35. The fraction of sp³-hybridized carbons (Fsp3) is 0.697. The van der Waals surface area contributed by atoms with Crippen LogP contribution in [0.25, 0.3) is 0 Å². The molecule has 2 unspecified atom stereocenters. The van der Waals surface area contributed by atoms with E-state index in [4.69, 9.17) is 0 Å². The third-order valence-corrected chi connectivity index (χ3v) is 9.32. The standard InChI is InChI=1S/C33H54Br2N4/c1-3-5-7-12-16-24-36-30-20-26-38(27-21-30)32(34)18-14-10-9-11-15-19-33(35)39-28-22-31(23-29-39)37-25-17-13-8-6-4-2/h20-23,26-29,32-33H,3-19,24-25H2,1-2H3/p+2. The minimum absolute atomic E-state index is 0.377. The highest BCUT2D eigenvalue weighted by Crippen LogP contribution is 2.20. The highest BCUT2D eigenvalue weighted by Gasteiger charge is 2.15. The van der Waals surface area contributed by atoms with E-state index >= 15 is 0 Å². The number of halogens is 2. The molecule has 2 aromatic rings. The van der Waals surface area contributed by atoms with Crippen molar-refractivity contribution in [3.8, 4) is 0 Å². The number of unbranched alkanes of at least 4 members (excludes halogenated alkanes) is 12. The van der Waals surface area contributed by atoms with Gasteiger partial charge >= 0.3 is 0 Å². The van der Waals surface area contributed by atoms with Crippen molar-refractivity contribution in [1.29, 1.82) is 0 Å². The molecule has 4 nitrogen and oxygen atoms in total. The first-order chi connectivity index (χ1) is 19.1. The predicted molar refractivity (Wildman–Crippen MR) is 176 cm³/mol. The third kappa shape index (κ3) is 16.0. The number of nitrogens with zero attached hydrogens (tertiary/aromatic N) is 2. The van der Waals surface area contributed by atoms with Crippen molar-refractivity contribution in [2.45, 2.75) is 133 Å². The SMILES string of the molecule is CCCCCCCNc1cc[n+](C(Br)CCCCCCCC(Br)[n+]2ccc(NCCCCCCC)cc2)cc1. The lowest BCUT2D eigenvalue weighted by Gasteiger charge is -2.09. The summed E-state index contributed by atoms with van der Waals surface area (Å²) >= 11 is 7.77. The van der Waals surface area contributed by atoms with Crippen molar-refractivity contribution in [1.82, 2.24) is 0 Å². The molecule has 0 aromatic carbocycles. The molecule has 2 rings (SSSR count). The largest absolute Gasteiger partial charge is 0.385 e. The molecule has 0 aliphatic carbocycles. The molecule has 39 heavy (non-hydrogen) atoms. The minimum Gasteiger partial charge on any atom is -0.385 e. The summed E-state index contributed by atoms with van der Waals surface area (Å²) < 4.78 is 4.57. The van der Waals surface area contributed by atoms with Crippen LogP contribution in [-0.4, -0.2) is 13.1 Å². The Kier molecular flexibility index (Phi) is 19.7. The van der Waals surface area contributed by atoms with Gasteiger partial charge in [-0.1, -0.05) is 84.5 Å². The van der Waals surface area contributed by atoms with E-state index in [1.807, 2.05) is 0 Å². The smallest absolute Gasteiger partial charge is 0.211 e. The van der Waals surface area contributed by atoms with Crippen molar-refractivity contribution < 1.29 is 9.13 Å². The Bertz CT molecular complexity index is 759. The van der Waals surface area contributed by atoms with E-state index < -0.39 is 0 Å². The molecule has 2 aromatic heterocycles. The van der Waals surface area contributed by atoms with Crippen molar-refractivity contribution >= 4 is 43.2 Å². The second-order valence-electron chi connectivity index (χ2n) is 11.0. The number of hydrogen-bond donors (Lipinski definition) is 2. The van der Waals surface area contributed by atoms with Crippen LogP contribution in [0.4, 0.5) is 11.4 Å². The maximum Gasteiger partial charge on any atom is 0.211 e. The van der Waals surface area contributed by atoms with Gasteiger partial charge in [0.1, 0.15) is 0 Å². The van der Waals surface area contributed by atoms with Gasteiger partial charge in [0, 0.05) is 61.6 Å². The van der Waals surface area contributed by atoms with Gasteiger partial charge in [0.2, 0.25) is 9.90 Å². The summed E-state index contributed by atoms with van der Waals surface area (Å²) in [4.78, 5) is 0.755. The van der Waals surface area contributed by atoms with Crippen LogP contribution in [0.2, 0.25) is 0 Å². The van der Waals surface area contributed by atoms with Gasteiger partial charge in [0.05, 0.1) is 0 Å². The molecule has 2 N–H and O–H groups in total. The number of nitrogens with one attached hydrogen (secondary N) is 2. The van der Waals surface area contributed by atoms with Gasteiger partial charge < -0.3 is 10.6 Å². The average Bonchev–Trinajstić information content (AvgIpc) is 2.96. The quantitative estimate of drug-likeness (QED) is 0.0663. The highest BCUT2D eigenvalue weighted by atomic mass is 79.9. The topological polar surface area (TPSA) is 31.8 Å². The van der Waals surface area contributed by atoms with E-state index in [1.165, 1.54) is 121 Å². The lowest BCUT2D eigenvalue weighted by molar-refractivity contribution is -0.698. The Balaban J connectivity index is 1.50. The van der Waals surface area contributed by atoms with Gasteiger partial charge in [-0.2, -0.15) is 9.13 Å². The Morgan fingerprint density at radius 2 is 0.846 bits per heavy atom. The van der Waals surface area contributed by atoms with Crippen LogP contribution in [0.15, 0.2) is 49.1 Å². The fourth-order valence-corrected chi connectivity index (χ4v) is 6.06. The van der Waals surface area contributed by atoms with Crippen LogP contribution in [0.1, 0.15) is 133 Å². The monoisotopic (exact) mass is 666 g/mol. The van der Waals surface area contributed by atoms with Gasteiger partial charge in [0.25, 0.3) is 0 Å². The summed E-state index contributed by atoms with van der Waals surface area (Å²) in [5.41, 5.74) is 2.45. The Labute approximate surface area is 257 Å². The van der Waals surface area contributed by atoms with Crippen molar-refractivity contribution in [2.24, 2.45) is 0 Å². The third-order valence-electron chi connectivity index (χ3n) is 7.46. The van der Waals surface area contributed by atoms with Crippen molar-refractivity contribution in [2.75, 3.05) is 23.7 Å². The maximum absolute atomic E-state index is 3.89. The average molecular weight is 669 g/mol. The number of anilines is 2. The molecular formula is C33H56Br2N4+2. The summed E-state index contributed by atoms with van der Waals surface area (Å²) in [5.74, 6) is 0. The molecule has 0 bridgehead atoms. The Morgan fingerprint density at radius 3 is 1.23 bits per heavy atom. The zero-order chi connectivity index (χ0) is 28.0. The van der Waals surface area contributed by atoms with Gasteiger partial charge in [-0.15, -0.1) is 0 Å². The van der Waals surface area contributed by atoms with Gasteiger partial charge in [0.15, 0.2) is 24.8 Å². The first-order valence-corrected chi connectivity index (χ1v) is 17.7. The molecule has 6 heteroatoms. The van der Waals surface area contributed by atoms with Gasteiger partial charge in [-0.05, 0) is 57.5 Å². The van der Waals surface area contributed by atoms with Crippen LogP contribution in [-0.2, 0) is 0 Å². The molecule has 0 radical (unpaired) electrons. The summed E-state index contributed by atoms with van der Waals surface area (Å²) in [6, 6.07) is 8.81. The molecule has 0 amide bonds. The number of hydrogen-bond acceptors (Lipinski definition) is 2. The van der Waals surface area contributed by atoms with Gasteiger partial charge in [-0.3, -0.25) is 0 Å². The zero-order valence-electron chi connectivity index (χ0n) is 24.9. The van der Waals surface area contributed by atoms with E-state index in [-0.39, 0.29) is 0 Å². The summed E-state index contributed by atoms with van der Waals surface area (Å²) in [7, 11) is 0. The number of rotatable bonds is 24.